The summed E-state index contributed by atoms with van der Waals surface area (Å²) in [4.78, 5) is 44.6. The predicted molar refractivity (Wildman–Crippen MR) is 177 cm³/mol. The van der Waals surface area contributed by atoms with E-state index in [9.17, 15) is 45.4 Å². The Bertz CT molecular complexity index is 1500. The van der Waals surface area contributed by atoms with E-state index >= 15 is 0 Å². The van der Waals surface area contributed by atoms with Crippen molar-refractivity contribution in [2.75, 3.05) is 44.6 Å². The van der Waals surface area contributed by atoms with Crippen LogP contribution in [0.4, 0.5) is 36.4 Å². The highest BCUT2D eigenvalue weighted by Crippen LogP contribution is 2.39. The van der Waals surface area contributed by atoms with E-state index in [1.54, 1.807) is 18.2 Å². The number of phenolic OH excluding ortho intramolecular Hbond substituents is 1. The van der Waals surface area contributed by atoms with Crippen LogP contribution in [0.3, 0.4) is 0 Å². The molecule has 1 saturated carbocycles. The molecule has 4 rings (SSSR count). The summed E-state index contributed by atoms with van der Waals surface area (Å²) in [6.07, 6.45) is -2.83. The highest BCUT2D eigenvalue weighted by atomic mass is 35.5. The highest BCUT2D eigenvalue weighted by molar-refractivity contribution is 6.30. The topological polar surface area (TPSA) is 178 Å². The van der Waals surface area contributed by atoms with E-state index in [4.69, 9.17) is 36.1 Å². The Morgan fingerprint density at radius 3 is 2.06 bits per heavy atom. The van der Waals surface area contributed by atoms with Gasteiger partial charge in [0.15, 0.2) is 12.4 Å². The van der Waals surface area contributed by atoms with Crippen molar-refractivity contribution in [3.63, 3.8) is 0 Å². The zero-order valence-corrected chi connectivity index (χ0v) is 29.0. The molecule has 1 heterocycles. The molecule has 2 aliphatic rings. The summed E-state index contributed by atoms with van der Waals surface area (Å²) in [7, 11) is 0. The Balaban J connectivity index is 0.000000587. The van der Waals surface area contributed by atoms with Crippen LogP contribution in [0.2, 0.25) is 5.02 Å². The maximum Gasteiger partial charge on any atom is 0.490 e. The van der Waals surface area contributed by atoms with E-state index in [1.807, 2.05) is 4.90 Å². The molecule has 0 saturated heterocycles. The zero-order valence-electron chi connectivity index (χ0n) is 28.2. The molecule has 0 aromatic heterocycles. The molecule has 0 unspecified atom stereocenters. The number of anilines is 1. The first-order valence-corrected chi connectivity index (χ1v) is 16.7. The first-order chi connectivity index (χ1) is 24.8. The van der Waals surface area contributed by atoms with E-state index in [0.717, 1.165) is 36.8 Å². The number of alkyl halides is 6. The Morgan fingerprint density at radius 2 is 1.47 bits per heavy atom. The largest absolute Gasteiger partial charge is 0.506 e. The van der Waals surface area contributed by atoms with Gasteiger partial charge >= 0.3 is 24.3 Å². The minimum Gasteiger partial charge on any atom is -0.506 e. The van der Waals surface area contributed by atoms with Gasteiger partial charge in [-0.3, -0.25) is 9.59 Å². The number of aromatic hydroxyl groups is 1. The van der Waals surface area contributed by atoms with Crippen molar-refractivity contribution >= 4 is 41.0 Å². The minimum atomic E-state index is -5.08. The molecule has 1 fully saturated rings. The number of rotatable bonds is 13. The number of hydrogen-bond donors (Lipinski definition) is 6. The zero-order chi connectivity index (χ0) is 39.8. The number of fused-ring (bicyclic) bond motifs is 1. The number of aliphatic carboxylic acids is 2. The Kier molecular flexibility index (Phi) is 18.1. The molecule has 2 aromatic rings. The van der Waals surface area contributed by atoms with Crippen molar-refractivity contribution < 1.29 is 70.0 Å². The van der Waals surface area contributed by atoms with Gasteiger partial charge in [0.2, 0.25) is 5.91 Å². The molecule has 0 bridgehead atoms. The van der Waals surface area contributed by atoms with Gasteiger partial charge in [-0.05, 0) is 74.2 Å². The van der Waals surface area contributed by atoms with Crippen LogP contribution in [0.15, 0.2) is 30.3 Å². The molecular weight excluding hydrogens is 749 g/mol. The molecule has 2 amide bonds. The lowest BCUT2D eigenvalue weighted by Gasteiger charge is -2.34. The number of nitrogens with zero attached hydrogens (tertiary/aromatic N) is 1. The summed E-state index contributed by atoms with van der Waals surface area (Å²) in [5.41, 5.74) is 2.06. The molecule has 20 heteroatoms. The van der Waals surface area contributed by atoms with Crippen molar-refractivity contribution in [2.45, 2.75) is 69.8 Å². The number of amides is 2. The summed E-state index contributed by atoms with van der Waals surface area (Å²) in [6, 6.07) is 8.19. The van der Waals surface area contributed by atoms with Crippen LogP contribution in [0.5, 0.6) is 11.5 Å². The molecule has 12 nitrogen and oxygen atoms in total. The Morgan fingerprint density at radius 1 is 0.887 bits per heavy atom. The summed E-state index contributed by atoms with van der Waals surface area (Å²) < 4.78 is 82.6. The molecular formula is C33H40ClF7N4O8. The maximum absolute atomic E-state index is 13.5. The normalized spacial score (nSPS) is 14.3. The van der Waals surface area contributed by atoms with E-state index < -0.39 is 24.3 Å². The predicted octanol–water partition coefficient (Wildman–Crippen LogP) is 5.30. The first-order valence-electron chi connectivity index (χ1n) is 16.3. The lowest BCUT2D eigenvalue weighted by atomic mass is 9.94. The van der Waals surface area contributed by atoms with Gasteiger partial charge < -0.3 is 40.9 Å². The maximum atomic E-state index is 13.5. The molecule has 0 spiro atoms. The molecule has 2 aromatic carbocycles. The van der Waals surface area contributed by atoms with Crippen LogP contribution < -0.4 is 20.7 Å². The average Bonchev–Trinajstić information content (AvgIpc) is 3.07. The molecule has 0 atom stereocenters. The fourth-order valence-electron chi connectivity index (χ4n) is 5.31. The van der Waals surface area contributed by atoms with Gasteiger partial charge in [-0.25, -0.2) is 14.0 Å². The van der Waals surface area contributed by atoms with Gasteiger partial charge in [-0.1, -0.05) is 36.9 Å². The monoisotopic (exact) mass is 788 g/mol. The molecule has 1 aliphatic heterocycles. The van der Waals surface area contributed by atoms with E-state index in [1.165, 1.54) is 18.6 Å². The molecule has 6 N–H and O–H groups in total. The first kappa shape index (κ1) is 44.8. The lowest BCUT2D eigenvalue weighted by Crippen LogP contribution is -2.45. The summed E-state index contributed by atoms with van der Waals surface area (Å²) in [6.45, 7) is 3.14. The van der Waals surface area contributed by atoms with Crippen LogP contribution in [-0.4, -0.2) is 102 Å². The fraction of sp³-hybridized carbons (Fsp3) is 0.515. The third-order valence-electron chi connectivity index (χ3n) is 7.78. The van der Waals surface area contributed by atoms with Gasteiger partial charge in [0.25, 0.3) is 5.91 Å². The van der Waals surface area contributed by atoms with E-state index in [2.05, 4.69) is 16.0 Å². The van der Waals surface area contributed by atoms with Crippen molar-refractivity contribution in [1.82, 2.24) is 15.5 Å². The number of ether oxygens (including phenoxy) is 1. The van der Waals surface area contributed by atoms with Crippen molar-refractivity contribution in [1.29, 1.82) is 0 Å². The molecule has 0 radical (unpaired) electrons. The number of phenols is 1. The number of halogens is 8. The summed E-state index contributed by atoms with van der Waals surface area (Å²) in [5.74, 6) is -5.48. The van der Waals surface area contributed by atoms with Crippen molar-refractivity contribution in [3.8, 4) is 11.5 Å². The number of hydrogen-bond acceptors (Lipinski definition) is 8. The molecule has 1 aliphatic carbocycles. The van der Waals surface area contributed by atoms with Gasteiger partial charge in [-0.2, -0.15) is 26.3 Å². The molecule has 53 heavy (non-hydrogen) atoms. The Hall–Kier alpha value is -4.36. The smallest absolute Gasteiger partial charge is 0.490 e. The number of benzene rings is 2. The minimum absolute atomic E-state index is 0.00996. The van der Waals surface area contributed by atoms with Gasteiger partial charge in [0.1, 0.15) is 17.3 Å². The van der Waals surface area contributed by atoms with Crippen LogP contribution >= 0.6 is 11.6 Å². The number of carboxylic acid groups (broad SMARTS) is 2. The van der Waals surface area contributed by atoms with Crippen LogP contribution in [0, 0.1) is 5.82 Å². The number of carbonyl (C=O) groups excluding carboxylic acids is 2. The second-order valence-corrected chi connectivity index (χ2v) is 12.2. The lowest BCUT2D eigenvalue weighted by molar-refractivity contribution is -0.193. The van der Waals surface area contributed by atoms with Gasteiger partial charge in [0, 0.05) is 37.1 Å². The van der Waals surface area contributed by atoms with Crippen LogP contribution in [0.25, 0.3) is 0 Å². The Labute approximate surface area is 304 Å². The van der Waals surface area contributed by atoms with Gasteiger partial charge in [0.05, 0.1) is 0 Å². The number of carbonyl (C=O) groups is 4. The number of nitrogens with one attached hydrogen (secondary N) is 3. The van der Waals surface area contributed by atoms with Crippen LogP contribution in [0.1, 0.15) is 49.7 Å². The second kappa shape index (κ2) is 21.4. The summed E-state index contributed by atoms with van der Waals surface area (Å²) >= 11 is 5.93. The highest BCUT2D eigenvalue weighted by Gasteiger charge is 2.39. The summed E-state index contributed by atoms with van der Waals surface area (Å²) in [5, 5.41) is 34.1. The standard InChI is InChI=1S/C29H38ClFN4O4.2C2HF3O2/c30-22-16-20(17-23(31)18-22)8-11-32-13-10-27(38)35(24-4-2-1-3-5-24)15-14-33-12-9-21-6-7-25(36)28-29(21)39-19-26(37)34-28;2*3-2(4,5)1(6)7/h6-7,16-18,24,32-33,36H,1-5,8-15,19H2,(H,34,37);2*(H,6,7). The third kappa shape index (κ3) is 16.5. The van der Waals surface area contributed by atoms with Crippen molar-refractivity contribution in [2.24, 2.45) is 0 Å². The third-order valence-corrected chi connectivity index (χ3v) is 8.00. The van der Waals surface area contributed by atoms with E-state index in [0.29, 0.717) is 68.4 Å². The van der Waals surface area contributed by atoms with Gasteiger partial charge in [-0.15, -0.1) is 0 Å². The van der Waals surface area contributed by atoms with Crippen LogP contribution in [-0.2, 0) is 32.0 Å². The van der Waals surface area contributed by atoms with E-state index in [-0.39, 0.29) is 36.0 Å². The molecule has 296 valence electrons. The SMILES string of the molecule is O=C(O)C(F)(F)F.O=C(O)C(F)(F)F.O=C1COc2c(CCNCCN(C(=O)CCNCCc3cc(F)cc(Cl)c3)C3CCCCC3)ccc(O)c2N1. The fourth-order valence-corrected chi connectivity index (χ4v) is 5.56. The number of carboxylic acids is 2. The quantitative estimate of drug-likeness (QED) is 0.0888. The average molecular weight is 789 g/mol. The van der Waals surface area contributed by atoms with Crippen molar-refractivity contribution in [3.05, 3.63) is 52.3 Å². The second-order valence-electron chi connectivity index (χ2n) is 11.8.